The van der Waals surface area contributed by atoms with E-state index in [0.29, 0.717) is 6.07 Å². The minimum absolute atomic E-state index is 0.0826. The number of hydrogen-bond acceptors (Lipinski definition) is 4. The van der Waals surface area contributed by atoms with E-state index in [1.165, 1.54) is 24.5 Å². The van der Waals surface area contributed by atoms with E-state index in [9.17, 15) is 26.4 Å². The number of carbonyl (C=O) groups excluding carboxylic acids is 1. The molecule has 1 aromatic carbocycles. The Labute approximate surface area is 129 Å². The number of aromatic nitrogens is 1. The molecule has 6 nitrogen and oxygen atoms in total. The summed E-state index contributed by atoms with van der Waals surface area (Å²) in [6.45, 7) is 0. The molecule has 0 aliphatic rings. The first-order chi connectivity index (χ1) is 10.7. The highest BCUT2D eigenvalue weighted by Gasteiger charge is 2.31. The highest BCUT2D eigenvalue weighted by Crippen LogP contribution is 2.30. The zero-order valence-electron chi connectivity index (χ0n) is 11.3. The van der Waals surface area contributed by atoms with Crippen LogP contribution in [-0.2, 0) is 16.2 Å². The Morgan fingerprint density at radius 1 is 1.13 bits per heavy atom. The Kier molecular flexibility index (Phi) is 4.66. The van der Waals surface area contributed by atoms with Crippen LogP contribution in [0.3, 0.4) is 0 Å². The van der Waals surface area contributed by atoms with Crippen molar-refractivity contribution in [3.63, 3.8) is 0 Å². The Balaban J connectivity index is 2.15. The standard InChI is InChI=1S/C13H10F3N3O3S/c14-13(15,16)10-4-1-5-11(7-10)23(21,22)19-18-12(20)9-3-2-6-17-8-9/h1-8,19H,(H,18,20). The van der Waals surface area contributed by atoms with E-state index >= 15 is 0 Å². The molecule has 2 rings (SSSR count). The number of amides is 1. The summed E-state index contributed by atoms with van der Waals surface area (Å²) in [5.41, 5.74) is 0.868. The fraction of sp³-hybridized carbons (Fsp3) is 0.0769. The fourth-order valence-electron chi connectivity index (χ4n) is 1.58. The Morgan fingerprint density at radius 2 is 1.87 bits per heavy atom. The molecule has 0 saturated heterocycles. The monoisotopic (exact) mass is 345 g/mol. The van der Waals surface area contributed by atoms with Gasteiger partial charge in [0.1, 0.15) is 0 Å². The molecule has 0 unspecified atom stereocenters. The quantitative estimate of drug-likeness (QED) is 0.826. The normalized spacial score (nSPS) is 12.0. The molecule has 23 heavy (non-hydrogen) atoms. The molecular formula is C13H10F3N3O3S. The molecule has 0 radical (unpaired) electrons. The molecule has 0 fully saturated rings. The molecule has 1 heterocycles. The van der Waals surface area contributed by atoms with Gasteiger partial charge in [0, 0.05) is 12.4 Å². The number of carbonyl (C=O) groups is 1. The van der Waals surface area contributed by atoms with Crippen molar-refractivity contribution in [2.24, 2.45) is 0 Å². The minimum atomic E-state index is -4.68. The highest BCUT2D eigenvalue weighted by molar-refractivity contribution is 7.89. The molecule has 0 atom stereocenters. The van der Waals surface area contributed by atoms with E-state index in [-0.39, 0.29) is 5.56 Å². The van der Waals surface area contributed by atoms with E-state index in [0.717, 1.165) is 18.2 Å². The summed E-state index contributed by atoms with van der Waals surface area (Å²) in [4.78, 5) is 16.5. The lowest BCUT2D eigenvalue weighted by molar-refractivity contribution is -0.137. The van der Waals surface area contributed by atoms with Crippen molar-refractivity contribution in [3.05, 3.63) is 59.9 Å². The van der Waals surface area contributed by atoms with Crippen LogP contribution in [0.1, 0.15) is 15.9 Å². The van der Waals surface area contributed by atoms with Crippen molar-refractivity contribution >= 4 is 15.9 Å². The number of alkyl halides is 3. The second-order valence-corrected chi connectivity index (χ2v) is 6.01. The van der Waals surface area contributed by atoms with Gasteiger partial charge in [-0.15, -0.1) is 4.83 Å². The predicted octanol–water partition coefficient (Wildman–Crippen LogP) is 1.72. The first kappa shape index (κ1) is 16.9. The maximum absolute atomic E-state index is 12.6. The van der Waals surface area contributed by atoms with Crippen LogP contribution in [0.2, 0.25) is 0 Å². The number of halogens is 3. The van der Waals surface area contributed by atoms with E-state index in [1.807, 2.05) is 5.43 Å². The molecule has 122 valence electrons. The van der Waals surface area contributed by atoms with Crippen LogP contribution in [0.25, 0.3) is 0 Å². The third-order valence-electron chi connectivity index (χ3n) is 2.69. The second-order valence-electron chi connectivity index (χ2n) is 4.33. The van der Waals surface area contributed by atoms with E-state index < -0.39 is 32.6 Å². The van der Waals surface area contributed by atoms with Gasteiger partial charge in [-0.05, 0) is 30.3 Å². The molecule has 2 aromatic rings. The van der Waals surface area contributed by atoms with Crippen molar-refractivity contribution in [2.75, 3.05) is 0 Å². The molecule has 0 spiro atoms. The van der Waals surface area contributed by atoms with Gasteiger partial charge in [-0.1, -0.05) is 6.07 Å². The van der Waals surface area contributed by atoms with Gasteiger partial charge < -0.3 is 0 Å². The maximum Gasteiger partial charge on any atom is 0.416 e. The summed E-state index contributed by atoms with van der Waals surface area (Å²) in [7, 11) is -4.35. The number of benzene rings is 1. The average Bonchev–Trinajstić information content (AvgIpc) is 2.53. The summed E-state index contributed by atoms with van der Waals surface area (Å²) in [6.07, 6.45) is -2.05. The molecule has 0 bridgehead atoms. The number of hydrogen-bond donors (Lipinski definition) is 2. The Morgan fingerprint density at radius 3 is 2.48 bits per heavy atom. The van der Waals surface area contributed by atoms with Crippen LogP contribution in [0, 0.1) is 0 Å². The van der Waals surface area contributed by atoms with Gasteiger partial charge in [0.25, 0.3) is 15.9 Å². The SMILES string of the molecule is O=C(NNS(=O)(=O)c1cccc(C(F)(F)F)c1)c1cccnc1. The van der Waals surface area contributed by atoms with Crippen molar-refractivity contribution in [1.82, 2.24) is 15.2 Å². The van der Waals surface area contributed by atoms with Gasteiger partial charge >= 0.3 is 6.18 Å². The third kappa shape index (κ3) is 4.27. The van der Waals surface area contributed by atoms with Crippen molar-refractivity contribution in [3.8, 4) is 0 Å². The smallest absolute Gasteiger partial charge is 0.273 e. The lowest BCUT2D eigenvalue weighted by atomic mass is 10.2. The van der Waals surface area contributed by atoms with Gasteiger partial charge in [0.15, 0.2) is 0 Å². The van der Waals surface area contributed by atoms with Crippen molar-refractivity contribution < 1.29 is 26.4 Å². The van der Waals surface area contributed by atoms with E-state index in [4.69, 9.17) is 0 Å². The van der Waals surface area contributed by atoms with Crippen molar-refractivity contribution in [2.45, 2.75) is 11.1 Å². The number of nitrogens with one attached hydrogen (secondary N) is 2. The van der Waals surface area contributed by atoms with Crippen LogP contribution in [0.4, 0.5) is 13.2 Å². The second kappa shape index (κ2) is 6.34. The molecule has 10 heteroatoms. The van der Waals surface area contributed by atoms with Crippen LogP contribution in [0.15, 0.2) is 53.7 Å². The largest absolute Gasteiger partial charge is 0.416 e. The van der Waals surface area contributed by atoms with Gasteiger partial charge in [-0.3, -0.25) is 15.2 Å². The van der Waals surface area contributed by atoms with E-state index in [2.05, 4.69) is 4.98 Å². The molecular weight excluding hydrogens is 335 g/mol. The number of rotatable bonds is 4. The number of nitrogens with zero attached hydrogens (tertiary/aromatic N) is 1. The predicted molar refractivity (Wildman–Crippen MR) is 73.5 cm³/mol. The van der Waals surface area contributed by atoms with Crippen LogP contribution in [-0.4, -0.2) is 19.3 Å². The van der Waals surface area contributed by atoms with Crippen molar-refractivity contribution in [1.29, 1.82) is 0 Å². The first-order valence-corrected chi connectivity index (χ1v) is 7.58. The number of hydrazine groups is 1. The highest BCUT2D eigenvalue weighted by atomic mass is 32.2. The van der Waals surface area contributed by atoms with Crippen LogP contribution < -0.4 is 10.3 Å². The van der Waals surface area contributed by atoms with Crippen LogP contribution in [0.5, 0.6) is 0 Å². The Hall–Kier alpha value is -2.46. The summed E-state index contributed by atoms with van der Waals surface area (Å²) in [6, 6.07) is 6.01. The van der Waals surface area contributed by atoms with E-state index in [1.54, 1.807) is 4.83 Å². The van der Waals surface area contributed by atoms with Gasteiger partial charge in [-0.25, -0.2) is 8.42 Å². The lowest BCUT2D eigenvalue weighted by Crippen LogP contribution is -2.41. The average molecular weight is 345 g/mol. The number of pyridine rings is 1. The summed E-state index contributed by atoms with van der Waals surface area (Å²) in [5.74, 6) is -0.798. The minimum Gasteiger partial charge on any atom is -0.273 e. The third-order valence-corrected chi connectivity index (χ3v) is 3.94. The molecule has 2 N–H and O–H groups in total. The summed E-state index contributed by atoms with van der Waals surface area (Å²) in [5, 5.41) is 0. The lowest BCUT2D eigenvalue weighted by Gasteiger charge is -2.11. The van der Waals surface area contributed by atoms with Gasteiger partial charge in [0.2, 0.25) is 0 Å². The summed E-state index contributed by atoms with van der Waals surface area (Å²) < 4.78 is 61.7. The fourth-order valence-corrected chi connectivity index (χ4v) is 2.47. The topological polar surface area (TPSA) is 88.2 Å². The van der Waals surface area contributed by atoms with Gasteiger partial charge in [-0.2, -0.15) is 13.2 Å². The van der Waals surface area contributed by atoms with Crippen LogP contribution >= 0.6 is 0 Å². The molecule has 0 saturated carbocycles. The Bertz CT molecular complexity index is 808. The molecule has 1 aromatic heterocycles. The van der Waals surface area contributed by atoms with Gasteiger partial charge in [0.05, 0.1) is 16.0 Å². The zero-order valence-corrected chi connectivity index (χ0v) is 12.1. The maximum atomic E-state index is 12.6. The molecule has 1 amide bonds. The number of sulfonamides is 1. The summed E-state index contributed by atoms with van der Waals surface area (Å²) >= 11 is 0. The molecule has 0 aliphatic heterocycles. The molecule has 0 aliphatic carbocycles. The first-order valence-electron chi connectivity index (χ1n) is 6.09. The zero-order chi connectivity index (χ0) is 17.1.